The molecule has 0 aliphatic carbocycles. The van der Waals surface area contributed by atoms with E-state index in [-0.39, 0.29) is 5.82 Å². The molecular formula is C18H11ClFN5. The van der Waals surface area contributed by atoms with Crippen LogP contribution in [0.1, 0.15) is 0 Å². The average molecular weight is 352 g/mol. The summed E-state index contributed by atoms with van der Waals surface area (Å²) in [4.78, 5) is 17.2. The molecule has 7 heteroatoms. The van der Waals surface area contributed by atoms with Gasteiger partial charge in [0.15, 0.2) is 5.82 Å². The molecule has 1 N–H and O–H groups in total. The van der Waals surface area contributed by atoms with Gasteiger partial charge in [0.25, 0.3) is 0 Å². The van der Waals surface area contributed by atoms with Gasteiger partial charge < -0.3 is 5.32 Å². The van der Waals surface area contributed by atoms with E-state index in [1.165, 1.54) is 18.3 Å². The summed E-state index contributed by atoms with van der Waals surface area (Å²) in [6, 6.07) is 9.76. The minimum Gasteiger partial charge on any atom is -0.338 e. The number of nitrogens with one attached hydrogen (secondary N) is 1. The standard InChI is InChI=1S/C18H11ClFN5/c19-12-6-14(10-22-9-12)23-18-15-7-13(20)3-4-16(15)24-17(25-18)11-2-1-5-21-8-11/h1-10H,(H,23,24,25). The van der Waals surface area contributed by atoms with E-state index >= 15 is 0 Å². The molecule has 1 aromatic carbocycles. The molecule has 4 aromatic rings. The molecule has 0 saturated heterocycles. The van der Waals surface area contributed by atoms with Crippen LogP contribution in [0.5, 0.6) is 0 Å². The third-order valence-electron chi connectivity index (χ3n) is 3.55. The van der Waals surface area contributed by atoms with Gasteiger partial charge in [0, 0.05) is 29.5 Å². The lowest BCUT2D eigenvalue weighted by atomic mass is 10.2. The fourth-order valence-electron chi connectivity index (χ4n) is 2.44. The quantitative estimate of drug-likeness (QED) is 0.583. The lowest BCUT2D eigenvalue weighted by Crippen LogP contribution is -2.00. The van der Waals surface area contributed by atoms with Crippen LogP contribution >= 0.6 is 11.6 Å². The molecule has 0 aliphatic heterocycles. The van der Waals surface area contributed by atoms with E-state index in [0.29, 0.717) is 33.3 Å². The zero-order valence-corrected chi connectivity index (χ0v) is 13.6. The van der Waals surface area contributed by atoms with Crippen LogP contribution in [0.25, 0.3) is 22.3 Å². The fourth-order valence-corrected chi connectivity index (χ4v) is 2.61. The van der Waals surface area contributed by atoms with Gasteiger partial charge in [-0.1, -0.05) is 11.6 Å². The van der Waals surface area contributed by atoms with E-state index in [2.05, 4.69) is 25.3 Å². The van der Waals surface area contributed by atoms with Crippen LogP contribution in [0.15, 0.2) is 61.2 Å². The molecule has 0 unspecified atom stereocenters. The molecule has 0 spiro atoms. The number of pyridine rings is 2. The van der Waals surface area contributed by atoms with Crippen molar-refractivity contribution in [1.82, 2.24) is 19.9 Å². The Labute approximate surface area is 147 Å². The summed E-state index contributed by atoms with van der Waals surface area (Å²) in [7, 11) is 0. The van der Waals surface area contributed by atoms with E-state index in [9.17, 15) is 4.39 Å². The van der Waals surface area contributed by atoms with Gasteiger partial charge >= 0.3 is 0 Å². The second kappa shape index (κ2) is 6.41. The zero-order valence-electron chi connectivity index (χ0n) is 12.8. The van der Waals surface area contributed by atoms with E-state index < -0.39 is 0 Å². The SMILES string of the molecule is Fc1ccc2nc(-c3cccnc3)nc(Nc3cncc(Cl)c3)c2c1. The second-order valence-electron chi connectivity index (χ2n) is 5.32. The number of hydrogen-bond donors (Lipinski definition) is 1. The van der Waals surface area contributed by atoms with Gasteiger partial charge in [-0.25, -0.2) is 14.4 Å². The Hall–Kier alpha value is -3.12. The summed E-state index contributed by atoms with van der Waals surface area (Å²) in [6.45, 7) is 0. The molecule has 25 heavy (non-hydrogen) atoms. The molecule has 0 aliphatic rings. The van der Waals surface area contributed by atoms with Crippen LogP contribution in [-0.2, 0) is 0 Å². The van der Waals surface area contributed by atoms with Gasteiger partial charge in [0.2, 0.25) is 0 Å². The minimum absolute atomic E-state index is 0.363. The molecule has 122 valence electrons. The molecule has 0 atom stereocenters. The Morgan fingerprint density at radius 3 is 2.68 bits per heavy atom. The number of rotatable bonds is 3. The topological polar surface area (TPSA) is 63.6 Å². The average Bonchev–Trinajstić information content (AvgIpc) is 2.63. The molecule has 4 rings (SSSR count). The lowest BCUT2D eigenvalue weighted by molar-refractivity contribution is 0.629. The van der Waals surface area contributed by atoms with E-state index in [4.69, 9.17) is 11.6 Å². The molecule has 3 aromatic heterocycles. The van der Waals surface area contributed by atoms with Crippen molar-refractivity contribution in [3.63, 3.8) is 0 Å². The number of benzene rings is 1. The summed E-state index contributed by atoms with van der Waals surface area (Å²) in [5.41, 5.74) is 2.03. The van der Waals surface area contributed by atoms with Crippen molar-refractivity contribution in [2.24, 2.45) is 0 Å². The van der Waals surface area contributed by atoms with Crippen molar-refractivity contribution in [2.45, 2.75) is 0 Å². The van der Waals surface area contributed by atoms with Crippen molar-refractivity contribution in [1.29, 1.82) is 0 Å². The number of fused-ring (bicyclic) bond motifs is 1. The normalized spacial score (nSPS) is 10.8. The first kappa shape index (κ1) is 15.4. The van der Waals surface area contributed by atoms with Crippen molar-refractivity contribution in [2.75, 3.05) is 5.32 Å². The number of halogens is 2. The lowest BCUT2D eigenvalue weighted by Gasteiger charge is -2.11. The van der Waals surface area contributed by atoms with Gasteiger partial charge in [-0.3, -0.25) is 9.97 Å². The van der Waals surface area contributed by atoms with Gasteiger partial charge in [0.05, 0.1) is 22.4 Å². The first-order chi connectivity index (χ1) is 12.2. The maximum absolute atomic E-state index is 13.7. The summed E-state index contributed by atoms with van der Waals surface area (Å²) in [5.74, 6) is 0.592. The Morgan fingerprint density at radius 1 is 0.960 bits per heavy atom. The monoisotopic (exact) mass is 351 g/mol. The number of anilines is 2. The summed E-state index contributed by atoms with van der Waals surface area (Å²) < 4.78 is 13.7. The predicted molar refractivity (Wildman–Crippen MR) is 95.3 cm³/mol. The molecule has 5 nitrogen and oxygen atoms in total. The van der Waals surface area contributed by atoms with Crippen molar-refractivity contribution >= 4 is 34.0 Å². The van der Waals surface area contributed by atoms with Crippen LogP contribution < -0.4 is 5.32 Å². The third-order valence-corrected chi connectivity index (χ3v) is 3.75. The first-order valence-electron chi connectivity index (χ1n) is 7.44. The molecule has 0 bridgehead atoms. The Kier molecular flexibility index (Phi) is 3.95. The zero-order chi connectivity index (χ0) is 17.2. The molecular weight excluding hydrogens is 341 g/mol. The van der Waals surface area contributed by atoms with Gasteiger partial charge in [0.1, 0.15) is 11.6 Å². The van der Waals surface area contributed by atoms with Crippen LogP contribution in [0.4, 0.5) is 15.9 Å². The third kappa shape index (κ3) is 3.25. The molecule has 0 saturated carbocycles. The summed E-state index contributed by atoms with van der Waals surface area (Å²) >= 11 is 5.98. The van der Waals surface area contributed by atoms with Gasteiger partial charge in [-0.2, -0.15) is 0 Å². The summed E-state index contributed by atoms with van der Waals surface area (Å²) in [5, 5.41) is 4.19. The van der Waals surface area contributed by atoms with Crippen molar-refractivity contribution in [3.05, 3.63) is 72.0 Å². The number of aromatic nitrogens is 4. The second-order valence-corrected chi connectivity index (χ2v) is 5.75. The van der Waals surface area contributed by atoms with Crippen LogP contribution in [-0.4, -0.2) is 19.9 Å². The van der Waals surface area contributed by atoms with E-state index in [0.717, 1.165) is 5.56 Å². The summed E-state index contributed by atoms with van der Waals surface area (Å²) in [6.07, 6.45) is 6.50. The number of hydrogen-bond acceptors (Lipinski definition) is 5. The van der Waals surface area contributed by atoms with E-state index in [1.807, 2.05) is 12.1 Å². The maximum Gasteiger partial charge on any atom is 0.163 e. The maximum atomic E-state index is 13.7. The Bertz CT molecular complexity index is 1060. The highest BCUT2D eigenvalue weighted by Crippen LogP contribution is 2.28. The van der Waals surface area contributed by atoms with Crippen LogP contribution in [0.2, 0.25) is 5.02 Å². The highest BCUT2D eigenvalue weighted by molar-refractivity contribution is 6.30. The Balaban J connectivity index is 1.89. The molecule has 0 amide bonds. The molecule has 0 fully saturated rings. The van der Waals surface area contributed by atoms with Crippen LogP contribution in [0, 0.1) is 5.82 Å². The fraction of sp³-hybridized carbons (Fsp3) is 0. The predicted octanol–water partition coefficient (Wildman–Crippen LogP) is 4.62. The smallest absolute Gasteiger partial charge is 0.163 e. The van der Waals surface area contributed by atoms with Crippen molar-refractivity contribution in [3.8, 4) is 11.4 Å². The first-order valence-corrected chi connectivity index (χ1v) is 7.82. The van der Waals surface area contributed by atoms with E-state index in [1.54, 1.807) is 30.7 Å². The van der Waals surface area contributed by atoms with Crippen molar-refractivity contribution < 1.29 is 4.39 Å². The highest BCUT2D eigenvalue weighted by Gasteiger charge is 2.11. The van der Waals surface area contributed by atoms with Gasteiger partial charge in [-0.15, -0.1) is 0 Å². The minimum atomic E-state index is -0.363. The van der Waals surface area contributed by atoms with Crippen LogP contribution in [0.3, 0.4) is 0 Å². The highest BCUT2D eigenvalue weighted by atomic mass is 35.5. The molecule has 0 radical (unpaired) electrons. The Morgan fingerprint density at radius 2 is 1.88 bits per heavy atom. The largest absolute Gasteiger partial charge is 0.338 e. The molecule has 3 heterocycles. The van der Waals surface area contributed by atoms with Gasteiger partial charge in [-0.05, 0) is 36.4 Å². The number of nitrogens with zero attached hydrogens (tertiary/aromatic N) is 4.